The zero-order valence-electron chi connectivity index (χ0n) is 23.8. The van der Waals surface area contributed by atoms with E-state index in [2.05, 4.69) is 24.1 Å². The Morgan fingerprint density at radius 3 is 2.45 bits per heavy atom. The summed E-state index contributed by atoms with van der Waals surface area (Å²) in [5.41, 5.74) is 0.652. The van der Waals surface area contributed by atoms with Gasteiger partial charge < -0.3 is 24.4 Å². The van der Waals surface area contributed by atoms with Crippen LogP contribution in [-0.2, 0) is 11.3 Å². The van der Waals surface area contributed by atoms with Crippen LogP contribution < -0.4 is 10.1 Å². The molecule has 38 heavy (non-hydrogen) atoms. The summed E-state index contributed by atoms with van der Waals surface area (Å²) in [6.07, 6.45) is 8.99. The van der Waals surface area contributed by atoms with Crippen LogP contribution in [-0.4, -0.2) is 71.1 Å². The topological polar surface area (TPSA) is 66.8 Å². The first-order valence-corrected chi connectivity index (χ1v) is 14.8. The first-order chi connectivity index (χ1) is 18.3. The molecule has 3 heterocycles. The van der Waals surface area contributed by atoms with Crippen LogP contribution in [0.25, 0.3) is 10.9 Å². The number of nitrogens with zero attached hydrogens (tertiary/aromatic N) is 3. The van der Waals surface area contributed by atoms with E-state index in [4.69, 9.17) is 4.74 Å². The van der Waals surface area contributed by atoms with Crippen molar-refractivity contribution in [2.75, 3.05) is 33.3 Å². The zero-order valence-corrected chi connectivity index (χ0v) is 23.8. The van der Waals surface area contributed by atoms with Gasteiger partial charge in [-0.25, -0.2) is 0 Å². The summed E-state index contributed by atoms with van der Waals surface area (Å²) in [6, 6.07) is 8.07. The number of carbonyl (C=O) groups excluding carboxylic acids is 2. The van der Waals surface area contributed by atoms with Crippen LogP contribution in [0, 0.1) is 11.8 Å². The predicted molar refractivity (Wildman–Crippen MR) is 152 cm³/mol. The van der Waals surface area contributed by atoms with E-state index in [0.717, 1.165) is 68.4 Å². The Balaban J connectivity index is 1.41. The number of amides is 2. The molecule has 1 aromatic heterocycles. The van der Waals surface area contributed by atoms with Crippen molar-refractivity contribution in [1.82, 2.24) is 19.7 Å². The van der Waals surface area contributed by atoms with E-state index in [1.54, 1.807) is 7.11 Å². The predicted octanol–water partition coefficient (Wildman–Crippen LogP) is 5.07. The summed E-state index contributed by atoms with van der Waals surface area (Å²) in [5.74, 6) is 2.10. The molecule has 2 aromatic rings. The van der Waals surface area contributed by atoms with Crippen LogP contribution in [0.2, 0.25) is 0 Å². The van der Waals surface area contributed by atoms with Crippen molar-refractivity contribution in [2.24, 2.45) is 11.8 Å². The number of piperidine rings is 1. The molecule has 3 unspecified atom stereocenters. The van der Waals surface area contributed by atoms with E-state index in [-0.39, 0.29) is 17.9 Å². The molecule has 208 valence electrons. The van der Waals surface area contributed by atoms with E-state index in [0.29, 0.717) is 30.6 Å². The Bertz CT molecular complexity index is 1140. The first-order valence-electron chi connectivity index (χ1n) is 14.8. The quantitative estimate of drug-likeness (QED) is 0.516. The van der Waals surface area contributed by atoms with Crippen LogP contribution in [0.5, 0.6) is 5.75 Å². The fourth-order valence-corrected chi connectivity index (χ4v) is 7.20. The summed E-state index contributed by atoms with van der Waals surface area (Å²) < 4.78 is 7.51. The molecule has 2 fully saturated rings. The smallest absolute Gasteiger partial charge is 0.271 e. The standard InChI is InChI=1S/C31H46N4O3/c1-22-16-23(2)20-33(19-22)14-9-15-35-29(36)28-17-24-12-13-26(38-4)18-27(24)34(28)21-31(35,3)30(37)32-25-10-7-5-6-8-11-25/h12-13,17-18,22-23,25H,5-11,14-16,19-21H2,1-4H3,(H,32,37). The van der Waals surface area contributed by atoms with Gasteiger partial charge in [-0.05, 0) is 69.2 Å². The highest BCUT2D eigenvalue weighted by atomic mass is 16.5. The second-order valence-electron chi connectivity index (χ2n) is 12.5. The number of hydrogen-bond donors (Lipinski definition) is 1. The number of carbonyl (C=O) groups is 2. The first kappa shape index (κ1) is 27.0. The number of aromatic nitrogens is 1. The molecule has 5 rings (SSSR count). The molecule has 0 bridgehead atoms. The lowest BCUT2D eigenvalue weighted by atomic mass is 9.91. The lowest BCUT2D eigenvalue weighted by Gasteiger charge is -2.45. The van der Waals surface area contributed by atoms with Crippen molar-refractivity contribution in [1.29, 1.82) is 0 Å². The van der Waals surface area contributed by atoms with Crippen molar-refractivity contribution in [3.05, 3.63) is 30.0 Å². The van der Waals surface area contributed by atoms with Crippen molar-refractivity contribution in [2.45, 2.75) is 90.3 Å². The second-order valence-corrected chi connectivity index (χ2v) is 12.5. The maximum Gasteiger partial charge on any atom is 0.271 e. The molecule has 0 spiro atoms. The Morgan fingerprint density at radius 1 is 1.05 bits per heavy atom. The fraction of sp³-hybridized carbons (Fsp3) is 0.677. The third-order valence-corrected chi connectivity index (χ3v) is 9.12. The maximum absolute atomic E-state index is 14.1. The summed E-state index contributed by atoms with van der Waals surface area (Å²) in [7, 11) is 1.66. The lowest BCUT2D eigenvalue weighted by molar-refractivity contribution is -0.133. The largest absolute Gasteiger partial charge is 0.497 e. The van der Waals surface area contributed by atoms with Crippen LogP contribution in [0.4, 0.5) is 0 Å². The SMILES string of the molecule is COc1ccc2cc3n(c2c1)CC(C)(C(=O)NC1CCCCCC1)N(CCCN1CC(C)CC(C)C1)C3=O. The van der Waals surface area contributed by atoms with E-state index >= 15 is 0 Å². The number of methoxy groups -OCH3 is 1. The van der Waals surface area contributed by atoms with E-state index in [9.17, 15) is 9.59 Å². The van der Waals surface area contributed by atoms with E-state index in [1.807, 2.05) is 40.7 Å². The second kappa shape index (κ2) is 11.3. The normalized spacial score (nSPS) is 27.3. The number of ether oxygens (including phenoxy) is 1. The van der Waals surface area contributed by atoms with Gasteiger partial charge in [0.15, 0.2) is 0 Å². The third-order valence-electron chi connectivity index (χ3n) is 9.12. The van der Waals surface area contributed by atoms with Gasteiger partial charge in [0, 0.05) is 37.1 Å². The molecule has 2 amide bonds. The lowest BCUT2D eigenvalue weighted by Crippen LogP contribution is -2.65. The molecule has 1 saturated heterocycles. The molecule has 1 aliphatic carbocycles. The molecular formula is C31H46N4O3. The van der Waals surface area contributed by atoms with E-state index < -0.39 is 5.54 Å². The average Bonchev–Trinajstić information content (AvgIpc) is 3.04. The van der Waals surface area contributed by atoms with Gasteiger partial charge >= 0.3 is 0 Å². The molecule has 0 radical (unpaired) electrons. The molecule has 1 N–H and O–H groups in total. The summed E-state index contributed by atoms with van der Waals surface area (Å²) in [4.78, 5) is 32.5. The highest BCUT2D eigenvalue weighted by Gasteiger charge is 2.48. The fourth-order valence-electron chi connectivity index (χ4n) is 7.20. The molecule has 7 nitrogen and oxygen atoms in total. The van der Waals surface area contributed by atoms with Crippen molar-refractivity contribution in [3.63, 3.8) is 0 Å². The highest BCUT2D eigenvalue weighted by Crippen LogP contribution is 2.34. The molecule has 1 saturated carbocycles. The minimum absolute atomic E-state index is 0.0200. The Hall–Kier alpha value is -2.54. The van der Waals surface area contributed by atoms with Crippen molar-refractivity contribution >= 4 is 22.7 Å². The number of nitrogens with one attached hydrogen (secondary N) is 1. The molecule has 2 aliphatic heterocycles. The zero-order chi connectivity index (χ0) is 26.9. The third kappa shape index (κ3) is 5.45. The van der Waals surface area contributed by atoms with Gasteiger partial charge in [0.1, 0.15) is 17.0 Å². The number of hydrogen-bond acceptors (Lipinski definition) is 4. The van der Waals surface area contributed by atoms with Gasteiger partial charge in [0.2, 0.25) is 5.91 Å². The average molecular weight is 523 g/mol. The number of rotatable bonds is 7. The van der Waals surface area contributed by atoms with Gasteiger partial charge in [-0.2, -0.15) is 0 Å². The Kier molecular flexibility index (Phi) is 8.03. The minimum atomic E-state index is -0.951. The van der Waals surface area contributed by atoms with E-state index in [1.165, 1.54) is 19.3 Å². The minimum Gasteiger partial charge on any atom is -0.497 e. The van der Waals surface area contributed by atoms with Gasteiger partial charge in [-0.15, -0.1) is 0 Å². The molecular weight excluding hydrogens is 476 g/mol. The molecule has 3 aliphatic rings. The highest BCUT2D eigenvalue weighted by molar-refractivity contribution is 6.03. The van der Waals surface area contributed by atoms with Gasteiger partial charge in [0.05, 0.1) is 19.2 Å². The monoisotopic (exact) mass is 522 g/mol. The maximum atomic E-state index is 14.1. The molecule has 7 heteroatoms. The number of fused-ring (bicyclic) bond motifs is 3. The van der Waals surface area contributed by atoms with Crippen molar-refractivity contribution in [3.8, 4) is 5.75 Å². The summed E-state index contributed by atoms with van der Waals surface area (Å²) in [6.45, 7) is 10.9. The Labute approximate surface area is 227 Å². The van der Waals surface area contributed by atoms with Crippen molar-refractivity contribution < 1.29 is 14.3 Å². The van der Waals surface area contributed by atoms with Crippen LogP contribution in [0.1, 0.15) is 82.6 Å². The Morgan fingerprint density at radius 2 is 1.76 bits per heavy atom. The summed E-state index contributed by atoms with van der Waals surface area (Å²) >= 11 is 0. The number of likely N-dealkylation sites (tertiary alicyclic amines) is 1. The molecule has 3 atom stereocenters. The van der Waals surface area contributed by atoms with Crippen LogP contribution in [0.15, 0.2) is 24.3 Å². The van der Waals surface area contributed by atoms with Gasteiger partial charge in [0.25, 0.3) is 5.91 Å². The van der Waals surface area contributed by atoms with Gasteiger partial charge in [-0.3, -0.25) is 9.59 Å². The molecule has 1 aromatic carbocycles. The van der Waals surface area contributed by atoms with Crippen LogP contribution in [0.3, 0.4) is 0 Å². The summed E-state index contributed by atoms with van der Waals surface area (Å²) in [5, 5.41) is 4.38. The number of benzene rings is 1. The van der Waals surface area contributed by atoms with Crippen LogP contribution >= 0.6 is 0 Å². The van der Waals surface area contributed by atoms with Gasteiger partial charge in [-0.1, -0.05) is 39.5 Å².